The fourth-order valence-electron chi connectivity index (χ4n) is 2.65. The van der Waals surface area contributed by atoms with E-state index in [1.807, 2.05) is 31.5 Å². The van der Waals surface area contributed by atoms with Crippen LogP contribution in [0.5, 0.6) is 0 Å². The molecule has 1 unspecified atom stereocenters. The topological polar surface area (TPSA) is 57.6 Å². The molecule has 0 radical (unpaired) electrons. The monoisotopic (exact) mass is 281 g/mol. The number of hydrogen-bond acceptors (Lipinski definition) is 3. The lowest BCUT2D eigenvalue weighted by molar-refractivity contribution is -0.150. The summed E-state index contributed by atoms with van der Waals surface area (Å²) in [5.41, 5.74) is 0.877. The van der Waals surface area contributed by atoms with Gasteiger partial charge in [-0.15, -0.1) is 0 Å². The molecule has 1 aliphatic heterocycles. The summed E-state index contributed by atoms with van der Waals surface area (Å²) in [6.45, 7) is 6.58. The number of nitrogens with zero attached hydrogens (tertiary/aromatic N) is 1. The number of aryl methyl sites for hydroxylation is 1. The third-order valence-corrected chi connectivity index (χ3v) is 5.07. The van der Waals surface area contributed by atoms with Crippen LogP contribution in [0.25, 0.3) is 0 Å². The van der Waals surface area contributed by atoms with E-state index in [2.05, 4.69) is 0 Å². The maximum atomic E-state index is 12.4. The van der Waals surface area contributed by atoms with Gasteiger partial charge in [0.2, 0.25) is 0 Å². The second-order valence-corrected chi connectivity index (χ2v) is 6.30. The lowest BCUT2D eigenvalue weighted by atomic mass is 9.76. The second-order valence-electron chi connectivity index (χ2n) is 5.56. The molecule has 0 bridgehead atoms. The molecule has 1 aromatic rings. The first-order valence-corrected chi connectivity index (χ1v) is 7.38. The minimum absolute atomic E-state index is 0.0198. The SMILES string of the molecule is Cc1cscc1C(=O)N1CCC(C(=O)O)(C(C)C)C1. The van der Waals surface area contributed by atoms with Crippen LogP contribution in [0.3, 0.4) is 0 Å². The molecule has 0 aromatic carbocycles. The van der Waals surface area contributed by atoms with Crippen molar-refractivity contribution in [3.8, 4) is 0 Å². The number of likely N-dealkylation sites (tertiary alicyclic amines) is 1. The van der Waals surface area contributed by atoms with Gasteiger partial charge in [0.05, 0.1) is 11.0 Å². The Hall–Kier alpha value is -1.36. The van der Waals surface area contributed by atoms with Crippen molar-refractivity contribution in [1.82, 2.24) is 4.90 Å². The van der Waals surface area contributed by atoms with E-state index >= 15 is 0 Å². The van der Waals surface area contributed by atoms with Crippen molar-refractivity contribution >= 4 is 23.2 Å². The smallest absolute Gasteiger partial charge is 0.311 e. The van der Waals surface area contributed by atoms with Gasteiger partial charge in [-0.05, 0) is 30.2 Å². The Labute approximate surface area is 117 Å². The van der Waals surface area contributed by atoms with Crippen LogP contribution in [0, 0.1) is 18.3 Å². The van der Waals surface area contributed by atoms with Crippen molar-refractivity contribution in [2.24, 2.45) is 11.3 Å². The van der Waals surface area contributed by atoms with Crippen LogP contribution in [0.4, 0.5) is 0 Å². The maximum Gasteiger partial charge on any atom is 0.311 e. The van der Waals surface area contributed by atoms with Crippen LogP contribution in [0.1, 0.15) is 36.2 Å². The van der Waals surface area contributed by atoms with Gasteiger partial charge in [-0.2, -0.15) is 11.3 Å². The van der Waals surface area contributed by atoms with Crippen LogP contribution < -0.4 is 0 Å². The number of rotatable bonds is 3. The lowest BCUT2D eigenvalue weighted by Gasteiger charge is -2.28. The zero-order valence-electron chi connectivity index (χ0n) is 11.5. The number of aliphatic carboxylic acids is 1. The van der Waals surface area contributed by atoms with E-state index in [4.69, 9.17) is 0 Å². The third kappa shape index (κ3) is 2.27. The number of hydrogen-bond donors (Lipinski definition) is 1. The Morgan fingerprint density at radius 1 is 1.42 bits per heavy atom. The molecule has 1 aromatic heterocycles. The normalized spacial score (nSPS) is 23.1. The van der Waals surface area contributed by atoms with Crippen LogP contribution in [-0.2, 0) is 4.79 Å². The quantitative estimate of drug-likeness (QED) is 0.926. The van der Waals surface area contributed by atoms with E-state index in [0.717, 1.165) is 5.56 Å². The second kappa shape index (κ2) is 4.96. The van der Waals surface area contributed by atoms with Gasteiger partial charge >= 0.3 is 5.97 Å². The Bertz CT molecular complexity index is 509. The van der Waals surface area contributed by atoms with Gasteiger partial charge in [-0.3, -0.25) is 9.59 Å². The highest BCUT2D eigenvalue weighted by Crippen LogP contribution is 2.38. The van der Waals surface area contributed by atoms with Gasteiger partial charge in [-0.1, -0.05) is 13.8 Å². The fourth-order valence-corrected chi connectivity index (χ4v) is 3.47. The summed E-state index contributed by atoms with van der Waals surface area (Å²) in [7, 11) is 0. The molecule has 1 aliphatic rings. The molecule has 104 valence electrons. The molecule has 1 saturated heterocycles. The van der Waals surface area contributed by atoms with Crippen molar-refractivity contribution < 1.29 is 14.7 Å². The van der Waals surface area contributed by atoms with Crippen molar-refractivity contribution in [1.29, 1.82) is 0 Å². The molecule has 1 N–H and O–H groups in total. The van der Waals surface area contributed by atoms with E-state index in [-0.39, 0.29) is 11.8 Å². The number of carbonyl (C=O) groups excluding carboxylic acids is 1. The average Bonchev–Trinajstić information content (AvgIpc) is 2.94. The van der Waals surface area contributed by atoms with E-state index in [1.54, 1.807) is 4.90 Å². The van der Waals surface area contributed by atoms with Gasteiger partial charge < -0.3 is 10.0 Å². The number of carboxylic acids is 1. The molecule has 0 spiro atoms. The van der Waals surface area contributed by atoms with Crippen LogP contribution in [0.15, 0.2) is 10.8 Å². The predicted molar refractivity (Wildman–Crippen MR) is 74.5 cm³/mol. The summed E-state index contributed by atoms with van der Waals surface area (Å²) in [5.74, 6) is -0.811. The molecule has 2 rings (SSSR count). The van der Waals surface area contributed by atoms with Gasteiger partial charge in [0, 0.05) is 18.5 Å². The van der Waals surface area contributed by atoms with Gasteiger partial charge in [0.25, 0.3) is 5.91 Å². The molecule has 1 atom stereocenters. The Balaban J connectivity index is 2.20. The largest absolute Gasteiger partial charge is 0.481 e. The number of carboxylic acid groups (broad SMARTS) is 1. The predicted octanol–water partition coefficient (Wildman–Crippen LogP) is 2.63. The molecule has 1 fully saturated rings. The number of carbonyl (C=O) groups is 2. The Morgan fingerprint density at radius 3 is 2.53 bits per heavy atom. The first kappa shape index (κ1) is 14.1. The zero-order valence-corrected chi connectivity index (χ0v) is 12.3. The van der Waals surface area contributed by atoms with Crippen molar-refractivity contribution in [3.05, 3.63) is 21.9 Å². The fraction of sp³-hybridized carbons (Fsp3) is 0.571. The summed E-state index contributed by atoms with van der Waals surface area (Å²) in [6, 6.07) is 0. The van der Waals surface area contributed by atoms with Crippen molar-refractivity contribution in [2.45, 2.75) is 27.2 Å². The highest BCUT2D eigenvalue weighted by molar-refractivity contribution is 7.08. The van der Waals surface area contributed by atoms with Crippen molar-refractivity contribution in [3.63, 3.8) is 0 Å². The van der Waals surface area contributed by atoms with Gasteiger partial charge in [0.15, 0.2) is 0 Å². The zero-order chi connectivity index (χ0) is 14.2. The molecular weight excluding hydrogens is 262 g/mol. The summed E-state index contributed by atoms with van der Waals surface area (Å²) >= 11 is 1.50. The highest BCUT2D eigenvalue weighted by Gasteiger charge is 2.48. The maximum absolute atomic E-state index is 12.4. The molecule has 19 heavy (non-hydrogen) atoms. The Morgan fingerprint density at radius 2 is 2.11 bits per heavy atom. The van der Waals surface area contributed by atoms with E-state index in [1.165, 1.54) is 11.3 Å². The summed E-state index contributed by atoms with van der Waals surface area (Å²) < 4.78 is 0. The summed E-state index contributed by atoms with van der Waals surface area (Å²) in [5, 5.41) is 13.3. The lowest BCUT2D eigenvalue weighted by Crippen LogP contribution is -2.40. The van der Waals surface area contributed by atoms with E-state index < -0.39 is 11.4 Å². The van der Waals surface area contributed by atoms with Gasteiger partial charge in [-0.25, -0.2) is 0 Å². The highest BCUT2D eigenvalue weighted by atomic mass is 32.1. The minimum atomic E-state index is -0.792. The van der Waals surface area contributed by atoms with Crippen LogP contribution in [-0.4, -0.2) is 35.0 Å². The van der Waals surface area contributed by atoms with E-state index in [9.17, 15) is 14.7 Å². The molecule has 0 aliphatic carbocycles. The first-order chi connectivity index (χ1) is 8.88. The van der Waals surface area contributed by atoms with E-state index in [0.29, 0.717) is 25.1 Å². The van der Waals surface area contributed by atoms with Gasteiger partial charge in [0.1, 0.15) is 0 Å². The summed E-state index contributed by atoms with van der Waals surface area (Å²) in [4.78, 5) is 25.6. The molecule has 5 heteroatoms. The standard InChI is InChI=1S/C14H19NO3S/c1-9(2)14(13(17)18)4-5-15(8-14)12(16)11-7-19-6-10(11)3/h6-7,9H,4-5,8H2,1-3H3,(H,17,18). The molecule has 1 amide bonds. The number of thiophene rings is 1. The molecule has 0 saturated carbocycles. The first-order valence-electron chi connectivity index (χ1n) is 6.44. The molecular formula is C14H19NO3S. The van der Waals surface area contributed by atoms with Crippen LogP contribution in [0.2, 0.25) is 0 Å². The minimum Gasteiger partial charge on any atom is -0.481 e. The molecule has 4 nitrogen and oxygen atoms in total. The van der Waals surface area contributed by atoms with Crippen LogP contribution >= 0.6 is 11.3 Å². The summed E-state index contributed by atoms with van der Waals surface area (Å²) in [6.07, 6.45) is 0.537. The van der Waals surface area contributed by atoms with Crippen molar-refractivity contribution in [2.75, 3.05) is 13.1 Å². The molecule has 2 heterocycles. The number of amides is 1. The third-order valence-electron chi connectivity index (χ3n) is 4.21. The Kier molecular flexibility index (Phi) is 3.67. The average molecular weight is 281 g/mol.